The molecule has 1 atom stereocenters. The van der Waals surface area contributed by atoms with Gasteiger partial charge in [0.25, 0.3) is 0 Å². The number of carbonyl (C=O) groups is 1. The van der Waals surface area contributed by atoms with E-state index in [1.54, 1.807) is 24.4 Å². The van der Waals surface area contributed by atoms with E-state index in [4.69, 9.17) is 0 Å². The maximum atomic E-state index is 11.9. The lowest BCUT2D eigenvalue weighted by Crippen LogP contribution is -2.45. The van der Waals surface area contributed by atoms with Gasteiger partial charge in [-0.1, -0.05) is 12.1 Å². The van der Waals surface area contributed by atoms with Crippen LogP contribution in [0.3, 0.4) is 0 Å². The fraction of sp³-hybridized carbons (Fsp3) is 0.375. The second-order valence-corrected chi connectivity index (χ2v) is 5.55. The molecule has 1 unspecified atom stereocenters. The molecule has 1 aromatic carbocycles. The number of fused-ring (bicyclic) bond motifs is 1. The number of phenolic OH excluding ortho intramolecular Hbond substituents is 1. The van der Waals surface area contributed by atoms with Crippen molar-refractivity contribution in [2.75, 3.05) is 6.54 Å². The van der Waals surface area contributed by atoms with Crippen LogP contribution < -0.4 is 10.6 Å². The molecule has 3 N–H and O–H groups in total. The highest BCUT2D eigenvalue weighted by molar-refractivity contribution is 5.74. The average molecular weight is 300 g/mol. The standard InChI is InChI=1S/C16H20N4O2/c21-14-3-1-2-12(10-14)4-6-18-16(22)19-13-5-8-20-9-7-17-15(20)11-13/h1-3,7,9-10,13,21H,4-6,8,11H2,(H2,18,19,22). The Morgan fingerprint density at radius 2 is 2.36 bits per heavy atom. The zero-order valence-corrected chi connectivity index (χ0v) is 12.3. The van der Waals surface area contributed by atoms with E-state index in [2.05, 4.69) is 20.2 Å². The van der Waals surface area contributed by atoms with Crippen molar-refractivity contribution >= 4 is 6.03 Å². The van der Waals surface area contributed by atoms with Gasteiger partial charge in [-0.2, -0.15) is 0 Å². The van der Waals surface area contributed by atoms with Crippen LogP contribution in [-0.2, 0) is 19.4 Å². The molecule has 6 nitrogen and oxygen atoms in total. The van der Waals surface area contributed by atoms with E-state index < -0.39 is 0 Å². The molecule has 1 aliphatic rings. The van der Waals surface area contributed by atoms with Crippen LogP contribution in [0.15, 0.2) is 36.7 Å². The Bertz CT molecular complexity index is 653. The number of nitrogens with one attached hydrogen (secondary N) is 2. The molecule has 0 radical (unpaired) electrons. The van der Waals surface area contributed by atoms with Crippen molar-refractivity contribution in [3.8, 4) is 5.75 Å². The zero-order chi connectivity index (χ0) is 15.4. The molecular formula is C16H20N4O2. The van der Waals surface area contributed by atoms with Crippen molar-refractivity contribution in [2.45, 2.75) is 31.8 Å². The van der Waals surface area contributed by atoms with Gasteiger partial charge in [0, 0.05) is 37.9 Å². The second kappa shape index (κ2) is 6.51. The summed E-state index contributed by atoms with van der Waals surface area (Å²) in [7, 11) is 0. The molecule has 0 fully saturated rings. The van der Waals surface area contributed by atoms with Gasteiger partial charge in [0.15, 0.2) is 0 Å². The van der Waals surface area contributed by atoms with Gasteiger partial charge in [0.05, 0.1) is 0 Å². The van der Waals surface area contributed by atoms with Gasteiger partial charge in [0.1, 0.15) is 11.6 Å². The first-order chi connectivity index (χ1) is 10.7. The molecule has 22 heavy (non-hydrogen) atoms. The SMILES string of the molecule is O=C(NCCc1cccc(O)c1)NC1CCn2ccnc2C1. The largest absolute Gasteiger partial charge is 0.508 e. The first-order valence-electron chi connectivity index (χ1n) is 7.53. The molecule has 2 aromatic rings. The highest BCUT2D eigenvalue weighted by Crippen LogP contribution is 2.13. The Labute approximate surface area is 129 Å². The molecule has 0 aliphatic carbocycles. The molecule has 6 heteroatoms. The summed E-state index contributed by atoms with van der Waals surface area (Å²) in [5.41, 5.74) is 1.000. The number of aryl methyl sites for hydroxylation is 1. The third kappa shape index (κ3) is 3.58. The maximum Gasteiger partial charge on any atom is 0.315 e. The van der Waals surface area contributed by atoms with Crippen molar-refractivity contribution in [3.63, 3.8) is 0 Å². The summed E-state index contributed by atoms with van der Waals surface area (Å²) < 4.78 is 2.12. The molecular weight excluding hydrogens is 280 g/mol. The van der Waals surface area contributed by atoms with Gasteiger partial charge < -0.3 is 20.3 Å². The minimum absolute atomic E-state index is 0.135. The quantitative estimate of drug-likeness (QED) is 0.799. The molecule has 0 spiro atoms. The Balaban J connectivity index is 1.42. The number of hydrogen-bond acceptors (Lipinski definition) is 3. The summed E-state index contributed by atoms with van der Waals surface area (Å²) in [5.74, 6) is 1.27. The normalized spacial score (nSPS) is 16.8. The Morgan fingerprint density at radius 1 is 1.45 bits per heavy atom. The van der Waals surface area contributed by atoms with Crippen LogP contribution in [0.1, 0.15) is 17.8 Å². The highest BCUT2D eigenvalue weighted by atomic mass is 16.3. The van der Waals surface area contributed by atoms with E-state index in [9.17, 15) is 9.90 Å². The fourth-order valence-electron chi connectivity index (χ4n) is 2.74. The molecule has 0 saturated carbocycles. The summed E-state index contributed by atoms with van der Waals surface area (Å²) >= 11 is 0. The molecule has 0 bridgehead atoms. The number of urea groups is 1. The van der Waals surface area contributed by atoms with Crippen molar-refractivity contribution in [2.24, 2.45) is 0 Å². The number of carbonyl (C=O) groups excluding carboxylic acids is 1. The van der Waals surface area contributed by atoms with Gasteiger partial charge in [0.2, 0.25) is 0 Å². The first kappa shape index (κ1) is 14.4. The van der Waals surface area contributed by atoms with Crippen LogP contribution in [0.25, 0.3) is 0 Å². The molecule has 2 amide bonds. The van der Waals surface area contributed by atoms with Crippen LogP contribution in [-0.4, -0.2) is 33.3 Å². The second-order valence-electron chi connectivity index (χ2n) is 5.55. The number of aromatic hydroxyl groups is 1. The average Bonchev–Trinajstić information content (AvgIpc) is 2.95. The molecule has 1 aromatic heterocycles. The van der Waals surface area contributed by atoms with E-state index in [1.165, 1.54) is 0 Å². The van der Waals surface area contributed by atoms with E-state index in [0.29, 0.717) is 13.0 Å². The van der Waals surface area contributed by atoms with Gasteiger partial charge in [-0.05, 0) is 30.5 Å². The third-order valence-electron chi connectivity index (χ3n) is 3.89. The molecule has 2 heterocycles. The lowest BCUT2D eigenvalue weighted by Gasteiger charge is -2.24. The molecule has 3 rings (SSSR count). The van der Waals surface area contributed by atoms with Crippen LogP contribution >= 0.6 is 0 Å². The van der Waals surface area contributed by atoms with E-state index >= 15 is 0 Å². The van der Waals surface area contributed by atoms with Gasteiger partial charge in [-0.15, -0.1) is 0 Å². The summed E-state index contributed by atoms with van der Waals surface area (Å²) in [6.07, 6.45) is 6.15. The zero-order valence-electron chi connectivity index (χ0n) is 12.3. The van der Waals surface area contributed by atoms with Crippen molar-refractivity contribution in [1.29, 1.82) is 0 Å². The number of nitrogens with zero attached hydrogens (tertiary/aromatic N) is 2. The number of benzene rings is 1. The minimum Gasteiger partial charge on any atom is -0.508 e. The Hall–Kier alpha value is -2.50. The van der Waals surface area contributed by atoms with Gasteiger partial charge in [-0.25, -0.2) is 9.78 Å². The summed E-state index contributed by atoms with van der Waals surface area (Å²) in [4.78, 5) is 16.2. The van der Waals surface area contributed by atoms with Gasteiger partial charge in [-0.3, -0.25) is 0 Å². The fourth-order valence-corrected chi connectivity index (χ4v) is 2.74. The topological polar surface area (TPSA) is 79.2 Å². The van der Waals surface area contributed by atoms with Crippen LogP contribution in [0.5, 0.6) is 5.75 Å². The predicted molar refractivity (Wildman–Crippen MR) is 82.7 cm³/mol. The number of amides is 2. The van der Waals surface area contributed by atoms with Crippen molar-refractivity contribution in [3.05, 3.63) is 48.0 Å². The monoisotopic (exact) mass is 300 g/mol. The lowest BCUT2D eigenvalue weighted by molar-refractivity contribution is 0.234. The van der Waals surface area contributed by atoms with Gasteiger partial charge >= 0.3 is 6.03 Å². The number of phenols is 1. The summed E-state index contributed by atoms with van der Waals surface area (Å²) in [6, 6.07) is 7.06. The summed E-state index contributed by atoms with van der Waals surface area (Å²) in [5, 5.41) is 15.2. The smallest absolute Gasteiger partial charge is 0.315 e. The predicted octanol–water partition coefficient (Wildman–Crippen LogP) is 1.45. The maximum absolute atomic E-state index is 11.9. The highest BCUT2D eigenvalue weighted by Gasteiger charge is 2.20. The van der Waals surface area contributed by atoms with Crippen molar-refractivity contribution < 1.29 is 9.90 Å². The number of rotatable bonds is 4. The van der Waals surface area contributed by atoms with Crippen LogP contribution in [0, 0.1) is 0 Å². The first-order valence-corrected chi connectivity index (χ1v) is 7.53. The third-order valence-corrected chi connectivity index (χ3v) is 3.89. The Morgan fingerprint density at radius 3 is 3.23 bits per heavy atom. The number of aromatic nitrogens is 2. The minimum atomic E-state index is -0.148. The van der Waals surface area contributed by atoms with Crippen LogP contribution in [0.4, 0.5) is 4.79 Å². The summed E-state index contributed by atoms with van der Waals surface area (Å²) in [6.45, 7) is 1.43. The van der Waals surface area contributed by atoms with Crippen LogP contribution in [0.2, 0.25) is 0 Å². The van der Waals surface area contributed by atoms with E-state index in [-0.39, 0.29) is 17.8 Å². The van der Waals surface area contributed by atoms with E-state index in [0.717, 1.165) is 30.8 Å². The molecule has 116 valence electrons. The lowest BCUT2D eigenvalue weighted by atomic mass is 10.1. The van der Waals surface area contributed by atoms with E-state index in [1.807, 2.05) is 12.3 Å². The number of imidazole rings is 1. The van der Waals surface area contributed by atoms with Crippen molar-refractivity contribution in [1.82, 2.24) is 20.2 Å². The molecule has 0 saturated heterocycles. The number of hydrogen-bond donors (Lipinski definition) is 3. The Kier molecular flexibility index (Phi) is 4.27. The molecule has 1 aliphatic heterocycles.